The fourth-order valence-corrected chi connectivity index (χ4v) is 1.94. The van der Waals surface area contributed by atoms with Gasteiger partial charge in [0.2, 0.25) is 0 Å². The Labute approximate surface area is 86.6 Å². The van der Waals surface area contributed by atoms with Crippen LogP contribution in [0.25, 0.3) is 0 Å². The minimum Gasteiger partial charge on any atom is -0.384 e. The molecule has 0 amide bonds. The topological polar surface area (TPSA) is 51.8 Å². The molecule has 0 saturated heterocycles. The van der Waals surface area contributed by atoms with Crippen molar-refractivity contribution in [1.82, 2.24) is 9.97 Å². The lowest BCUT2D eigenvalue weighted by Crippen LogP contribution is -1.97. The highest BCUT2D eigenvalue weighted by Gasteiger charge is 2.03. The Morgan fingerprint density at radius 2 is 2.29 bits per heavy atom. The highest BCUT2D eigenvalue weighted by molar-refractivity contribution is 7.09. The first-order valence-electron chi connectivity index (χ1n) is 4.36. The molecule has 0 spiro atoms. The first kappa shape index (κ1) is 9.15. The quantitative estimate of drug-likeness (QED) is 0.816. The van der Waals surface area contributed by atoms with E-state index in [-0.39, 0.29) is 0 Å². The normalized spacial score (nSPS) is 10.4. The number of nitrogens with two attached hydrogens (primary N) is 1. The van der Waals surface area contributed by atoms with Crippen molar-refractivity contribution in [2.75, 3.05) is 5.73 Å². The average Bonchev–Trinajstić information content (AvgIpc) is 2.62. The minimum absolute atomic E-state index is 0.574. The highest BCUT2D eigenvalue weighted by atomic mass is 32.1. The van der Waals surface area contributed by atoms with E-state index in [1.807, 2.05) is 30.6 Å². The summed E-state index contributed by atoms with van der Waals surface area (Å²) in [5.74, 6) is 0.574. The van der Waals surface area contributed by atoms with Gasteiger partial charge < -0.3 is 5.73 Å². The van der Waals surface area contributed by atoms with Gasteiger partial charge in [0, 0.05) is 23.7 Å². The van der Waals surface area contributed by atoms with Crippen LogP contribution in [0.4, 0.5) is 5.82 Å². The lowest BCUT2D eigenvalue weighted by molar-refractivity contribution is 1.06. The van der Waals surface area contributed by atoms with E-state index in [1.165, 1.54) is 5.56 Å². The highest BCUT2D eigenvalue weighted by Crippen LogP contribution is 2.15. The summed E-state index contributed by atoms with van der Waals surface area (Å²) in [6, 6.07) is 3.84. The third kappa shape index (κ3) is 1.90. The zero-order valence-electron chi connectivity index (χ0n) is 7.90. The van der Waals surface area contributed by atoms with E-state index in [0.717, 1.165) is 17.1 Å². The molecule has 4 heteroatoms. The lowest BCUT2D eigenvalue weighted by Gasteiger charge is -2.03. The Bertz CT molecular complexity index is 423. The number of aryl methyl sites for hydroxylation is 1. The van der Waals surface area contributed by atoms with Gasteiger partial charge in [0.25, 0.3) is 0 Å². The van der Waals surface area contributed by atoms with E-state index in [9.17, 15) is 0 Å². The Hall–Kier alpha value is -1.42. The van der Waals surface area contributed by atoms with Gasteiger partial charge in [-0.1, -0.05) is 6.07 Å². The zero-order valence-corrected chi connectivity index (χ0v) is 8.71. The Morgan fingerprint density at radius 3 is 2.93 bits per heavy atom. The van der Waals surface area contributed by atoms with Crippen molar-refractivity contribution in [1.29, 1.82) is 0 Å². The van der Waals surface area contributed by atoms with Crippen LogP contribution in [0.1, 0.15) is 16.3 Å². The molecule has 72 valence electrons. The average molecular weight is 205 g/mol. The smallest absolute Gasteiger partial charge is 0.123 e. The molecule has 0 saturated carbocycles. The van der Waals surface area contributed by atoms with Gasteiger partial charge in [-0.2, -0.15) is 0 Å². The number of hydrogen-bond donors (Lipinski definition) is 1. The number of hydrogen-bond acceptors (Lipinski definition) is 4. The molecular formula is C10H11N3S. The maximum Gasteiger partial charge on any atom is 0.123 e. The van der Waals surface area contributed by atoms with Crippen molar-refractivity contribution >= 4 is 17.2 Å². The Kier molecular flexibility index (Phi) is 2.45. The number of rotatable bonds is 2. The minimum atomic E-state index is 0.574. The number of pyridine rings is 1. The molecule has 3 nitrogen and oxygen atoms in total. The van der Waals surface area contributed by atoms with Crippen molar-refractivity contribution in [3.05, 3.63) is 40.0 Å². The third-order valence-electron chi connectivity index (χ3n) is 2.04. The molecule has 0 fully saturated rings. The van der Waals surface area contributed by atoms with Crippen LogP contribution >= 0.6 is 11.3 Å². The van der Waals surface area contributed by atoms with Crippen LogP contribution in [-0.4, -0.2) is 9.97 Å². The predicted octanol–water partition coefficient (Wildman–Crippen LogP) is 2.02. The van der Waals surface area contributed by atoms with E-state index in [2.05, 4.69) is 9.97 Å². The van der Waals surface area contributed by atoms with E-state index in [0.29, 0.717) is 5.82 Å². The molecule has 0 aliphatic heterocycles. The SMILES string of the molecule is Cc1nc(N)ccc1Cc1nccs1. The summed E-state index contributed by atoms with van der Waals surface area (Å²) in [5.41, 5.74) is 7.75. The van der Waals surface area contributed by atoms with Gasteiger partial charge in [-0.05, 0) is 18.6 Å². The van der Waals surface area contributed by atoms with Gasteiger partial charge in [-0.15, -0.1) is 11.3 Å². The van der Waals surface area contributed by atoms with Crippen LogP contribution in [0.3, 0.4) is 0 Å². The second-order valence-corrected chi connectivity index (χ2v) is 4.06. The molecular weight excluding hydrogens is 194 g/mol. The van der Waals surface area contributed by atoms with Gasteiger partial charge in [-0.3, -0.25) is 0 Å². The number of nitrogens with zero attached hydrogens (tertiary/aromatic N) is 2. The molecule has 2 N–H and O–H groups in total. The van der Waals surface area contributed by atoms with Crippen LogP contribution in [0.2, 0.25) is 0 Å². The largest absolute Gasteiger partial charge is 0.384 e. The van der Waals surface area contributed by atoms with Crippen LogP contribution in [-0.2, 0) is 6.42 Å². The van der Waals surface area contributed by atoms with Crippen molar-refractivity contribution in [2.45, 2.75) is 13.3 Å². The van der Waals surface area contributed by atoms with Crippen LogP contribution in [0.5, 0.6) is 0 Å². The fraction of sp³-hybridized carbons (Fsp3) is 0.200. The van der Waals surface area contributed by atoms with Gasteiger partial charge in [0.1, 0.15) is 5.82 Å². The summed E-state index contributed by atoms with van der Waals surface area (Å²) in [5, 5.41) is 3.09. The molecule has 0 aliphatic rings. The molecule has 0 radical (unpaired) electrons. The summed E-state index contributed by atoms with van der Waals surface area (Å²) in [4.78, 5) is 8.44. The van der Waals surface area contributed by atoms with E-state index < -0.39 is 0 Å². The first-order chi connectivity index (χ1) is 6.75. The van der Waals surface area contributed by atoms with E-state index in [1.54, 1.807) is 11.3 Å². The van der Waals surface area contributed by atoms with Crippen molar-refractivity contribution in [3.8, 4) is 0 Å². The summed E-state index contributed by atoms with van der Waals surface area (Å²) in [6.45, 7) is 1.97. The first-order valence-corrected chi connectivity index (χ1v) is 5.24. The number of anilines is 1. The summed E-state index contributed by atoms with van der Waals surface area (Å²) in [7, 11) is 0. The molecule has 2 rings (SSSR count). The van der Waals surface area contributed by atoms with Crippen molar-refractivity contribution < 1.29 is 0 Å². The van der Waals surface area contributed by atoms with Crippen molar-refractivity contribution in [3.63, 3.8) is 0 Å². The third-order valence-corrected chi connectivity index (χ3v) is 2.82. The monoisotopic (exact) mass is 205 g/mol. The zero-order chi connectivity index (χ0) is 9.97. The second-order valence-electron chi connectivity index (χ2n) is 3.08. The van der Waals surface area contributed by atoms with E-state index in [4.69, 9.17) is 5.73 Å². The molecule has 0 aromatic carbocycles. The van der Waals surface area contributed by atoms with Gasteiger partial charge in [0.15, 0.2) is 0 Å². The predicted molar refractivity (Wildman–Crippen MR) is 58.3 cm³/mol. The summed E-state index contributed by atoms with van der Waals surface area (Å²) < 4.78 is 0. The lowest BCUT2D eigenvalue weighted by atomic mass is 10.1. The fourth-order valence-electron chi connectivity index (χ4n) is 1.30. The van der Waals surface area contributed by atoms with Gasteiger partial charge in [0.05, 0.1) is 5.01 Å². The Morgan fingerprint density at radius 1 is 1.43 bits per heavy atom. The summed E-state index contributed by atoms with van der Waals surface area (Å²) >= 11 is 1.66. The number of nitrogen functional groups attached to an aromatic ring is 1. The summed E-state index contributed by atoms with van der Waals surface area (Å²) in [6.07, 6.45) is 2.66. The molecule has 2 heterocycles. The number of aromatic nitrogens is 2. The molecule has 0 unspecified atom stereocenters. The van der Waals surface area contributed by atoms with E-state index >= 15 is 0 Å². The molecule has 2 aromatic rings. The molecule has 0 aliphatic carbocycles. The maximum atomic E-state index is 5.58. The maximum absolute atomic E-state index is 5.58. The molecule has 0 atom stereocenters. The van der Waals surface area contributed by atoms with Gasteiger partial charge in [-0.25, -0.2) is 9.97 Å². The van der Waals surface area contributed by atoms with Gasteiger partial charge >= 0.3 is 0 Å². The number of thiazole rings is 1. The Balaban J connectivity index is 2.25. The van der Waals surface area contributed by atoms with Crippen LogP contribution in [0.15, 0.2) is 23.7 Å². The second kappa shape index (κ2) is 3.75. The van der Waals surface area contributed by atoms with Crippen LogP contribution in [0, 0.1) is 6.92 Å². The van der Waals surface area contributed by atoms with Crippen LogP contribution < -0.4 is 5.73 Å². The van der Waals surface area contributed by atoms with Crippen molar-refractivity contribution in [2.24, 2.45) is 0 Å². The molecule has 14 heavy (non-hydrogen) atoms. The molecule has 2 aromatic heterocycles. The molecule has 0 bridgehead atoms. The standard InChI is InChI=1S/C10H11N3S/c1-7-8(2-3-9(11)13-7)6-10-12-4-5-14-10/h2-5H,6H2,1H3,(H2,11,13).